The zero-order valence-electron chi connectivity index (χ0n) is 10.4. The standard InChI is InChI=1S/C14H13N5/c1-8-2-7-11-14(17-8)19-13(18-11)10-5-3-9(4-6-10)12(15)16/h2-7H,1H3,(H3,15,16)(H,17,18,19). The Bertz CT molecular complexity index is 755. The molecule has 0 atom stereocenters. The first kappa shape index (κ1) is 11.4. The summed E-state index contributed by atoms with van der Waals surface area (Å²) in [6.07, 6.45) is 0. The van der Waals surface area contributed by atoms with E-state index in [0.29, 0.717) is 11.2 Å². The number of aromatic amines is 1. The van der Waals surface area contributed by atoms with Crippen LogP contribution in [0.15, 0.2) is 36.4 Å². The van der Waals surface area contributed by atoms with Gasteiger partial charge in [0.25, 0.3) is 0 Å². The largest absolute Gasteiger partial charge is 0.384 e. The molecule has 0 saturated carbocycles. The van der Waals surface area contributed by atoms with Crippen LogP contribution in [-0.4, -0.2) is 20.8 Å². The highest BCUT2D eigenvalue weighted by molar-refractivity contribution is 5.95. The summed E-state index contributed by atoms with van der Waals surface area (Å²) in [5.74, 6) is 0.830. The highest BCUT2D eigenvalue weighted by Crippen LogP contribution is 2.20. The Balaban J connectivity index is 2.06. The molecule has 0 spiro atoms. The Labute approximate surface area is 110 Å². The predicted octanol–water partition coefficient (Wildman–Crippen LogP) is 2.22. The number of nitrogen functional groups attached to an aromatic ring is 1. The van der Waals surface area contributed by atoms with Crippen molar-refractivity contribution in [3.05, 3.63) is 47.7 Å². The zero-order valence-corrected chi connectivity index (χ0v) is 10.4. The number of aromatic nitrogens is 3. The smallest absolute Gasteiger partial charge is 0.178 e. The lowest BCUT2D eigenvalue weighted by molar-refractivity contribution is 1.22. The van der Waals surface area contributed by atoms with Gasteiger partial charge in [0, 0.05) is 16.8 Å². The van der Waals surface area contributed by atoms with Crippen LogP contribution < -0.4 is 5.73 Å². The van der Waals surface area contributed by atoms with Crippen LogP contribution in [0.2, 0.25) is 0 Å². The summed E-state index contributed by atoms with van der Waals surface area (Å²) in [6.45, 7) is 1.94. The van der Waals surface area contributed by atoms with Gasteiger partial charge in [-0.2, -0.15) is 0 Å². The topological polar surface area (TPSA) is 91.4 Å². The Hall–Kier alpha value is -2.69. The molecule has 0 unspecified atom stereocenters. The van der Waals surface area contributed by atoms with E-state index in [9.17, 15) is 0 Å². The highest BCUT2D eigenvalue weighted by atomic mass is 15.0. The molecule has 3 aromatic rings. The van der Waals surface area contributed by atoms with Crippen LogP contribution in [-0.2, 0) is 0 Å². The molecule has 94 valence electrons. The number of fused-ring (bicyclic) bond motifs is 1. The quantitative estimate of drug-likeness (QED) is 0.481. The predicted molar refractivity (Wildman–Crippen MR) is 75.1 cm³/mol. The van der Waals surface area contributed by atoms with Crippen LogP contribution >= 0.6 is 0 Å². The number of nitrogens with zero attached hydrogens (tertiary/aromatic N) is 2. The molecular weight excluding hydrogens is 238 g/mol. The molecule has 0 radical (unpaired) electrons. The average molecular weight is 251 g/mol. The van der Waals surface area contributed by atoms with Crippen molar-refractivity contribution >= 4 is 17.0 Å². The van der Waals surface area contributed by atoms with Gasteiger partial charge in [0.05, 0.1) is 5.52 Å². The van der Waals surface area contributed by atoms with Gasteiger partial charge in [0.15, 0.2) is 5.65 Å². The van der Waals surface area contributed by atoms with E-state index in [-0.39, 0.29) is 5.84 Å². The van der Waals surface area contributed by atoms with Gasteiger partial charge >= 0.3 is 0 Å². The van der Waals surface area contributed by atoms with E-state index < -0.39 is 0 Å². The van der Waals surface area contributed by atoms with Gasteiger partial charge in [0.2, 0.25) is 0 Å². The number of rotatable bonds is 2. The molecule has 2 heterocycles. The first-order chi connectivity index (χ1) is 9.13. The third kappa shape index (κ3) is 2.06. The number of hydrogen-bond acceptors (Lipinski definition) is 3. The maximum Gasteiger partial charge on any atom is 0.178 e. The van der Waals surface area contributed by atoms with Gasteiger partial charge in [-0.25, -0.2) is 9.97 Å². The van der Waals surface area contributed by atoms with Crippen molar-refractivity contribution in [2.75, 3.05) is 0 Å². The van der Waals surface area contributed by atoms with E-state index >= 15 is 0 Å². The molecule has 0 aliphatic rings. The molecule has 0 bridgehead atoms. The molecule has 0 fully saturated rings. The number of benzene rings is 1. The number of H-pyrrole nitrogens is 1. The maximum absolute atomic E-state index is 7.37. The number of amidine groups is 1. The minimum Gasteiger partial charge on any atom is -0.384 e. The number of imidazole rings is 1. The molecule has 1 aromatic carbocycles. The third-order valence-electron chi connectivity index (χ3n) is 2.95. The van der Waals surface area contributed by atoms with Crippen molar-refractivity contribution in [2.24, 2.45) is 5.73 Å². The summed E-state index contributed by atoms with van der Waals surface area (Å²) < 4.78 is 0. The fourth-order valence-electron chi connectivity index (χ4n) is 1.93. The average Bonchev–Trinajstić information content (AvgIpc) is 2.81. The first-order valence-corrected chi connectivity index (χ1v) is 5.92. The molecular formula is C14H13N5. The van der Waals surface area contributed by atoms with Crippen molar-refractivity contribution in [1.82, 2.24) is 15.0 Å². The number of pyridine rings is 1. The van der Waals surface area contributed by atoms with E-state index in [2.05, 4.69) is 15.0 Å². The van der Waals surface area contributed by atoms with Gasteiger partial charge in [-0.3, -0.25) is 5.41 Å². The minimum absolute atomic E-state index is 0.0634. The summed E-state index contributed by atoms with van der Waals surface area (Å²) in [5.41, 5.74) is 9.65. The lowest BCUT2D eigenvalue weighted by Crippen LogP contribution is -2.10. The number of aryl methyl sites for hydroxylation is 1. The molecule has 0 amide bonds. The lowest BCUT2D eigenvalue weighted by atomic mass is 10.1. The van der Waals surface area contributed by atoms with Crippen molar-refractivity contribution in [1.29, 1.82) is 5.41 Å². The van der Waals surface area contributed by atoms with Crippen molar-refractivity contribution in [2.45, 2.75) is 6.92 Å². The Morgan fingerprint density at radius 1 is 1.11 bits per heavy atom. The van der Waals surface area contributed by atoms with Crippen molar-refractivity contribution in [3.8, 4) is 11.4 Å². The lowest BCUT2D eigenvalue weighted by Gasteiger charge is -1.99. The summed E-state index contributed by atoms with van der Waals surface area (Å²) in [6, 6.07) is 11.3. The highest BCUT2D eigenvalue weighted by Gasteiger charge is 2.06. The molecule has 5 nitrogen and oxygen atoms in total. The van der Waals surface area contributed by atoms with Crippen LogP contribution in [0.1, 0.15) is 11.3 Å². The number of nitrogens with one attached hydrogen (secondary N) is 2. The fourth-order valence-corrected chi connectivity index (χ4v) is 1.93. The molecule has 0 aliphatic carbocycles. The second-order valence-corrected chi connectivity index (χ2v) is 4.40. The van der Waals surface area contributed by atoms with E-state index in [1.54, 1.807) is 0 Å². The van der Waals surface area contributed by atoms with Gasteiger partial charge in [0.1, 0.15) is 11.7 Å². The molecule has 0 aliphatic heterocycles. The van der Waals surface area contributed by atoms with Gasteiger partial charge in [-0.1, -0.05) is 24.3 Å². The zero-order chi connectivity index (χ0) is 13.4. The SMILES string of the molecule is Cc1ccc2[nH]c(-c3ccc(C(=N)N)cc3)nc2n1. The summed E-state index contributed by atoms with van der Waals surface area (Å²) in [5, 5.41) is 7.37. The normalized spacial score (nSPS) is 10.8. The summed E-state index contributed by atoms with van der Waals surface area (Å²) in [7, 11) is 0. The fraction of sp³-hybridized carbons (Fsp3) is 0.0714. The van der Waals surface area contributed by atoms with Crippen LogP contribution in [0.4, 0.5) is 0 Å². The first-order valence-electron chi connectivity index (χ1n) is 5.92. The van der Waals surface area contributed by atoms with Gasteiger partial charge in [-0.05, 0) is 19.1 Å². The number of nitrogens with two attached hydrogens (primary N) is 1. The minimum atomic E-state index is 0.0634. The van der Waals surface area contributed by atoms with E-state index in [4.69, 9.17) is 11.1 Å². The summed E-state index contributed by atoms with van der Waals surface area (Å²) in [4.78, 5) is 12.1. The Morgan fingerprint density at radius 3 is 2.53 bits per heavy atom. The van der Waals surface area contributed by atoms with Crippen LogP contribution in [0.25, 0.3) is 22.6 Å². The van der Waals surface area contributed by atoms with Crippen LogP contribution in [0.3, 0.4) is 0 Å². The van der Waals surface area contributed by atoms with Crippen LogP contribution in [0, 0.1) is 12.3 Å². The number of hydrogen-bond donors (Lipinski definition) is 3. The molecule has 5 heteroatoms. The Kier molecular flexibility index (Phi) is 2.52. The molecule has 4 N–H and O–H groups in total. The Morgan fingerprint density at radius 2 is 1.84 bits per heavy atom. The van der Waals surface area contributed by atoms with E-state index in [0.717, 1.165) is 22.6 Å². The summed E-state index contributed by atoms with van der Waals surface area (Å²) >= 11 is 0. The van der Waals surface area contributed by atoms with Gasteiger partial charge < -0.3 is 10.7 Å². The van der Waals surface area contributed by atoms with Crippen molar-refractivity contribution < 1.29 is 0 Å². The monoisotopic (exact) mass is 251 g/mol. The molecule has 19 heavy (non-hydrogen) atoms. The van der Waals surface area contributed by atoms with E-state index in [1.165, 1.54) is 0 Å². The maximum atomic E-state index is 7.37. The third-order valence-corrected chi connectivity index (χ3v) is 2.95. The van der Waals surface area contributed by atoms with E-state index in [1.807, 2.05) is 43.3 Å². The second kappa shape index (κ2) is 4.20. The van der Waals surface area contributed by atoms with Crippen LogP contribution in [0.5, 0.6) is 0 Å². The molecule has 3 rings (SSSR count). The van der Waals surface area contributed by atoms with Crippen molar-refractivity contribution in [3.63, 3.8) is 0 Å². The molecule has 2 aromatic heterocycles. The molecule has 0 saturated heterocycles. The second-order valence-electron chi connectivity index (χ2n) is 4.40. The van der Waals surface area contributed by atoms with Gasteiger partial charge in [-0.15, -0.1) is 0 Å².